The van der Waals surface area contributed by atoms with E-state index in [-0.39, 0.29) is 11.5 Å². The molecule has 2 aliphatic carbocycles. The van der Waals surface area contributed by atoms with Gasteiger partial charge >= 0.3 is 0 Å². The zero-order valence-corrected chi connectivity index (χ0v) is 11.2. The smallest absolute Gasteiger partial charge is 0.131 e. The Morgan fingerprint density at radius 2 is 2.06 bits per heavy atom. The first kappa shape index (κ1) is 10.7. The number of hydrogen-bond donors (Lipinski definition) is 1. The monoisotopic (exact) mass is 281 g/mol. The van der Waals surface area contributed by atoms with Crippen LogP contribution in [0.15, 0.2) is 10.7 Å². The lowest BCUT2D eigenvalue weighted by Crippen LogP contribution is -2.07. The number of hydrogen-bond acceptors (Lipinski definition) is 3. The molecule has 3 rings (SSSR count). The van der Waals surface area contributed by atoms with Crippen LogP contribution in [-0.2, 0) is 0 Å². The van der Waals surface area contributed by atoms with E-state index in [4.69, 9.17) is 10.7 Å². The zero-order valence-electron chi connectivity index (χ0n) is 9.57. The molecule has 0 unspecified atom stereocenters. The molecule has 2 atom stereocenters. The molecule has 3 nitrogen and oxygen atoms in total. The lowest BCUT2D eigenvalue weighted by Gasteiger charge is -2.06. The molecule has 0 saturated heterocycles. The fourth-order valence-electron chi connectivity index (χ4n) is 2.35. The lowest BCUT2D eigenvalue weighted by atomic mass is 10.1. The summed E-state index contributed by atoms with van der Waals surface area (Å²) in [5.74, 6) is 1.99. The van der Waals surface area contributed by atoms with Gasteiger partial charge in [-0.05, 0) is 34.2 Å². The van der Waals surface area contributed by atoms with Gasteiger partial charge in [0.1, 0.15) is 5.82 Å². The predicted octanol–water partition coefficient (Wildman–Crippen LogP) is 2.57. The van der Waals surface area contributed by atoms with E-state index in [0.29, 0.717) is 11.8 Å². The van der Waals surface area contributed by atoms with Crippen LogP contribution >= 0.6 is 15.9 Å². The summed E-state index contributed by atoms with van der Waals surface area (Å²) in [5, 5.41) is 0. The molecule has 0 radical (unpaired) electrons. The van der Waals surface area contributed by atoms with E-state index < -0.39 is 0 Å². The summed E-state index contributed by atoms with van der Waals surface area (Å²) < 4.78 is 1.00. The molecule has 4 heteroatoms. The van der Waals surface area contributed by atoms with Gasteiger partial charge in [-0.15, -0.1) is 0 Å². The molecule has 16 heavy (non-hydrogen) atoms. The molecule has 0 aliphatic heterocycles. The third-order valence-corrected chi connectivity index (χ3v) is 4.55. The highest BCUT2D eigenvalue weighted by Gasteiger charge is 2.57. The van der Waals surface area contributed by atoms with Crippen molar-refractivity contribution < 1.29 is 0 Å². The van der Waals surface area contributed by atoms with Gasteiger partial charge in [-0.25, -0.2) is 9.97 Å². The van der Waals surface area contributed by atoms with Gasteiger partial charge in [0, 0.05) is 24.1 Å². The maximum atomic E-state index is 6.11. The molecular formula is C12H16BrN3. The van der Waals surface area contributed by atoms with Gasteiger partial charge in [0.15, 0.2) is 0 Å². The Morgan fingerprint density at radius 1 is 1.44 bits per heavy atom. The van der Waals surface area contributed by atoms with E-state index in [1.54, 1.807) is 0 Å². The van der Waals surface area contributed by atoms with E-state index in [1.165, 1.54) is 12.8 Å². The quantitative estimate of drug-likeness (QED) is 0.907. The second-order valence-corrected chi connectivity index (χ2v) is 6.41. The number of halogens is 1. The van der Waals surface area contributed by atoms with E-state index >= 15 is 0 Å². The van der Waals surface area contributed by atoms with Gasteiger partial charge in [0.25, 0.3) is 0 Å². The molecule has 86 valence electrons. The highest BCUT2D eigenvalue weighted by molar-refractivity contribution is 9.10. The van der Waals surface area contributed by atoms with Gasteiger partial charge < -0.3 is 5.73 Å². The second kappa shape index (κ2) is 3.26. The second-order valence-electron chi connectivity index (χ2n) is 5.56. The average Bonchev–Trinajstić information content (AvgIpc) is 3.10. The number of nitrogens with zero attached hydrogens (tertiary/aromatic N) is 2. The molecule has 0 aromatic carbocycles. The molecular weight excluding hydrogens is 266 g/mol. The molecule has 2 aliphatic rings. The van der Waals surface area contributed by atoms with Crippen LogP contribution in [0, 0.1) is 5.41 Å². The Hall–Kier alpha value is -0.480. The predicted molar refractivity (Wildman–Crippen MR) is 66.2 cm³/mol. The Bertz CT molecular complexity index is 440. The van der Waals surface area contributed by atoms with E-state index in [0.717, 1.165) is 16.0 Å². The van der Waals surface area contributed by atoms with Crippen molar-refractivity contribution in [3.05, 3.63) is 22.2 Å². The summed E-state index contributed by atoms with van der Waals surface area (Å²) in [6, 6.07) is 0.228. The summed E-state index contributed by atoms with van der Waals surface area (Å²) >= 11 is 3.54. The third-order valence-electron chi connectivity index (χ3n) is 3.94. The van der Waals surface area contributed by atoms with E-state index in [1.807, 2.05) is 6.20 Å². The van der Waals surface area contributed by atoms with Gasteiger partial charge in [-0.1, -0.05) is 13.8 Å². The summed E-state index contributed by atoms with van der Waals surface area (Å²) in [6.45, 7) is 4.40. The topological polar surface area (TPSA) is 51.8 Å². The number of aromatic nitrogens is 2. The van der Waals surface area contributed by atoms with Crippen molar-refractivity contribution in [2.24, 2.45) is 11.1 Å². The lowest BCUT2D eigenvalue weighted by molar-refractivity contribution is 0.593. The van der Waals surface area contributed by atoms with Crippen LogP contribution in [0.4, 0.5) is 0 Å². The minimum atomic E-state index is 0.178. The minimum absolute atomic E-state index is 0.178. The van der Waals surface area contributed by atoms with Crippen molar-refractivity contribution in [3.63, 3.8) is 0 Å². The van der Waals surface area contributed by atoms with Crippen LogP contribution in [0.25, 0.3) is 0 Å². The largest absolute Gasteiger partial charge is 0.327 e. The molecule has 2 saturated carbocycles. The molecule has 1 aromatic heterocycles. The van der Waals surface area contributed by atoms with Crippen LogP contribution in [0.2, 0.25) is 0 Å². The molecule has 2 N–H and O–H groups in total. The van der Waals surface area contributed by atoms with Crippen molar-refractivity contribution >= 4 is 15.9 Å². The summed E-state index contributed by atoms with van der Waals surface area (Å²) in [7, 11) is 0. The van der Waals surface area contributed by atoms with Crippen LogP contribution in [0.3, 0.4) is 0 Å². The molecule has 1 aromatic rings. The number of rotatable bonds is 2. The molecule has 0 spiro atoms. The zero-order chi connectivity index (χ0) is 11.5. The highest BCUT2D eigenvalue weighted by Crippen LogP contribution is 2.58. The van der Waals surface area contributed by atoms with Gasteiger partial charge in [-0.3, -0.25) is 0 Å². The van der Waals surface area contributed by atoms with Gasteiger partial charge in [0.2, 0.25) is 0 Å². The molecule has 2 fully saturated rings. The van der Waals surface area contributed by atoms with Crippen molar-refractivity contribution in [1.82, 2.24) is 9.97 Å². The SMILES string of the molecule is CC1(C)[C@@H](N)[C@@H]1c1nc(C2CC2)ncc1Br. The Kier molecular flexibility index (Phi) is 2.17. The summed E-state index contributed by atoms with van der Waals surface area (Å²) in [6.07, 6.45) is 4.36. The molecule has 1 heterocycles. The third kappa shape index (κ3) is 1.51. The first-order valence-electron chi connectivity index (χ1n) is 5.79. The maximum Gasteiger partial charge on any atom is 0.131 e. The van der Waals surface area contributed by atoms with Crippen LogP contribution in [0.1, 0.15) is 50.0 Å². The average molecular weight is 282 g/mol. The fraction of sp³-hybridized carbons (Fsp3) is 0.667. The summed E-state index contributed by atoms with van der Waals surface area (Å²) in [4.78, 5) is 9.09. The standard InChI is InChI=1S/C12H16BrN3/c1-12(2)8(10(12)14)9-7(13)5-15-11(16-9)6-3-4-6/h5-6,8,10H,3-4,14H2,1-2H3/t8-,10-/m0/s1. The highest BCUT2D eigenvalue weighted by atomic mass is 79.9. The van der Waals surface area contributed by atoms with Crippen LogP contribution in [0.5, 0.6) is 0 Å². The first-order chi connectivity index (χ1) is 7.51. The van der Waals surface area contributed by atoms with Gasteiger partial charge in [0.05, 0.1) is 10.2 Å². The van der Waals surface area contributed by atoms with Crippen molar-refractivity contribution in [2.75, 3.05) is 0 Å². The van der Waals surface area contributed by atoms with Crippen molar-refractivity contribution in [1.29, 1.82) is 0 Å². The summed E-state index contributed by atoms with van der Waals surface area (Å²) in [5.41, 5.74) is 7.39. The van der Waals surface area contributed by atoms with Crippen LogP contribution < -0.4 is 5.73 Å². The van der Waals surface area contributed by atoms with E-state index in [9.17, 15) is 0 Å². The normalized spacial score (nSPS) is 31.5. The molecule has 0 bridgehead atoms. The maximum absolute atomic E-state index is 6.11. The van der Waals surface area contributed by atoms with E-state index in [2.05, 4.69) is 34.8 Å². The van der Waals surface area contributed by atoms with Crippen molar-refractivity contribution in [2.45, 2.75) is 44.6 Å². The van der Waals surface area contributed by atoms with Crippen LogP contribution in [-0.4, -0.2) is 16.0 Å². The van der Waals surface area contributed by atoms with Gasteiger partial charge in [-0.2, -0.15) is 0 Å². The van der Waals surface area contributed by atoms with Crippen molar-refractivity contribution in [3.8, 4) is 0 Å². The Labute approximate surface area is 104 Å². The minimum Gasteiger partial charge on any atom is -0.327 e. The Morgan fingerprint density at radius 3 is 2.56 bits per heavy atom. The first-order valence-corrected chi connectivity index (χ1v) is 6.59. The molecule has 0 amide bonds. The Balaban J connectivity index is 1.97. The fourth-order valence-corrected chi connectivity index (χ4v) is 2.79. The number of nitrogens with two attached hydrogens (primary N) is 1.